The number of amides is 2. The summed E-state index contributed by atoms with van der Waals surface area (Å²) in [6, 6.07) is 10.4. The van der Waals surface area contributed by atoms with E-state index < -0.39 is 5.92 Å². The van der Waals surface area contributed by atoms with Gasteiger partial charge in [0.25, 0.3) is 0 Å². The van der Waals surface area contributed by atoms with Crippen molar-refractivity contribution in [1.82, 2.24) is 0 Å². The number of carbonyl (C=O) groups excluding carboxylic acids is 2. The summed E-state index contributed by atoms with van der Waals surface area (Å²) < 4.78 is 0. The SMILES string of the molecule is Cc1c(Cl)cccc1N1CC(C(=O)Nc2cccc(Cl)c2Cl)CC1=O. The number of rotatable bonds is 3. The molecule has 1 atom stereocenters. The van der Waals surface area contributed by atoms with Crippen molar-refractivity contribution in [2.24, 2.45) is 5.92 Å². The Balaban J connectivity index is 1.77. The van der Waals surface area contributed by atoms with Gasteiger partial charge in [0.1, 0.15) is 0 Å². The summed E-state index contributed by atoms with van der Waals surface area (Å²) in [5.41, 5.74) is 1.98. The first-order chi connectivity index (χ1) is 11.9. The van der Waals surface area contributed by atoms with Gasteiger partial charge in [0.2, 0.25) is 11.8 Å². The van der Waals surface area contributed by atoms with Crippen molar-refractivity contribution in [3.05, 3.63) is 57.0 Å². The lowest BCUT2D eigenvalue weighted by Crippen LogP contribution is -2.28. The molecular formula is C18H15Cl3N2O2. The van der Waals surface area contributed by atoms with Gasteiger partial charge in [-0.25, -0.2) is 0 Å². The molecule has 2 aromatic carbocycles. The van der Waals surface area contributed by atoms with E-state index in [-0.39, 0.29) is 23.3 Å². The molecule has 0 aliphatic carbocycles. The van der Waals surface area contributed by atoms with Crippen molar-refractivity contribution >= 4 is 58.0 Å². The molecule has 1 saturated heterocycles. The zero-order chi connectivity index (χ0) is 18.1. The van der Waals surface area contributed by atoms with Crippen LogP contribution in [0.1, 0.15) is 12.0 Å². The first-order valence-corrected chi connectivity index (χ1v) is 8.82. The van der Waals surface area contributed by atoms with Crippen LogP contribution in [0.2, 0.25) is 15.1 Å². The third-order valence-electron chi connectivity index (χ3n) is 4.24. The van der Waals surface area contributed by atoms with Gasteiger partial charge in [0.05, 0.1) is 21.7 Å². The summed E-state index contributed by atoms with van der Waals surface area (Å²) in [7, 11) is 0. The molecule has 0 bridgehead atoms. The Labute approximate surface area is 160 Å². The average Bonchev–Trinajstić information content (AvgIpc) is 2.96. The fraction of sp³-hybridized carbons (Fsp3) is 0.222. The lowest BCUT2D eigenvalue weighted by atomic mass is 10.1. The lowest BCUT2D eigenvalue weighted by molar-refractivity contribution is -0.122. The summed E-state index contributed by atoms with van der Waals surface area (Å²) in [4.78, 5) is 26.5. The normalized spacial score (nSPS) is 17.0. The van der Waals surface area contributed by atoms with Gasteiger partial charge < -0.3 is 10.2 Å². The molecule has 0 radical (unpaired) electrons. The Bertz CT molecular complexity index is 854. The highest BCUT2D eigenvalue weighted by Crippen LogP contribution is 2.33. The molecule has 1 unspecified atom stereocenters. The van der Waals surface area contributed by atoms with Crippen LogP contribution in [0.5, 0.6) is 0 Å². The number of nitrogens with one attached hydrogen (secondary N) is 1. The predicted molar refractivity (Wildman–Crippen MR) is 102 cm³/mol. The van der Waals surface area contributed by atoms with Gasteiger partial charge in [-0.15, -0.1) is 0 Å². The van der Waals surface area contributed by atoms with Crippen molar-refractivity contribution in [2.75, 3.05) is 16.8 Å². The molecule has 1 aliphatic heterocycles. The number of hydrogen-bond donors (Lipinski definition) is 1. The number of nitrogens with zero attached hydrogens (tertiary/aromatic N) is 1. The maximum absolute atomic E-state index is 12.5. The van der Waals surface area contributed by atoms with E-state index in [1.807, 2.05) is 13.0 Å². The second kappa shape index (κ2) is 7.24. The molecule has 2 aromatic rings. The molecule has 3 rings (SSSR count). The lowest BCUT2D eigenvalue weighted by Gasteiger charge is -2.19. The van der Waals surface area contributed by atoms with Gasteiger partial charge in [-0.1, -0.05) is 46.9 Å². The monoisotopic (exact) mass is 396 g/mol. The van der Waals surface area contributed by atoms with Crippen molar-refractivity contribution in [3.63, 3.8) is 0 Å². The van der Waals surface area contributed by atoms with Crippen molar-refractivity contribution in [2.45, 2.75) is 13.3 Å². The first kappa shape index (κ1) is 18.1. The van der Waals surface area contributed by atoms with E-state index in [4.69, 9.17) is 34.8 Å². The van der Waals surface area contributed by atoms with E-state index in [0.717, 1.165) is 11.3 Å². The molecule has 7 heteroatoms. The van der Waals surface area contributed by atoms with Gasteiger partial charge in [0.15, 0.2) is 0 Å². The van der Waals surface area contributed by atoms with Crippen LogP contribution < -0.4 is 10.2 Å². The van der Waals surface area contributed by atoms with Crippen molar-refractivity contribution in [1.29, 1.82) is 0 Å². The minimum absolute atomic E-state index is 0.109. The highest BCUT2D eigenvalue weighted by atomic mass is 35.5. The van der Waals surface area contributed by atoms with Gasteiger partial charge in [-0.2, -0.15) is 0 Å². The van der Waals surface area contributed by atoms with Crippen LogP contribution in [0.15, 0.2) is 36.4 Å². The van der Waals surface area contributed by atoms with Crippen molar-refractivity contribution < 1.29 is 9.59 Å². The molecule has 25 heavy (non-hydrogen) atoms. The Morgan fingerprint density at radius 3 is 2.56 bits per heavy atom. The molecule has 1 N–H and O–H groups in total. The van der Waals surface area contributed by atoms with E-state index in [9.17, 15) is 9.59 Å². The second-order valence-electron chi connectivity index (χ2n) is 5.88. The summed E-state index contributed by atoms with van der Waals surface area (Å²) >= 11 is 18.2. The summed E-state index contributed by atoms with van der Waals surface area (Å²) in [6.45, 7) is 2.15. The predicted octanol–water partition coefficient (Wildman–Crippen LogP) is 4.95. The molecule has 1 heterocycles. The molecular weight excluding hydrogens is 383 g/mol. The van der Waals surface area contributed by atoms with Crippen LogP contribution in [-0.2, 0) is 9.59 Å². The topological polar surface area (TPSA) is 49.4 Å². The van der Waals surface area contributed by atoms with Gasteiger partial charge in [-0.3, -0.25) is 9.59 Å². The zero-order valence-corrected chi connectivity index (χ0v) is 15.6. The molecule has 4 nitrogen and oxygen atoms in total. The highest BCUT2D eigenvalue weighted by Gasteiger charge is 2.36. The van der Waals surface area contributed by atoms with E-state index in [1.54, 1.807) is 35.2 Å². The van der Waals surface area contributed by atoms with Crippen LogP contribution in [0.4, 0.5) is 11.4 Å². The Hall–Kier alpha value is -1.75. The quantitative estimate of drug-likeness (QED) is 0.797. The fourth-order valence-electron chi connectivity index (χ4n) is 2.84. The zero-order valence-electron chi connectivity index (χ0n) is 13.4. The molecule has 0 spiro atoms. The summed E-state index contributed by atoms with van der Waals surface area (Å²) in [5, 5.41) is 3.98. The summed E-state index contributed by atoms with van der Waals surface area (Å²) in [6.07, 6.45) is 0.135. The largest absolute Gasteiger partial charge is 0.324 e. The average molecular weight is 398 g/mol. The Morgan fingerprint density at radius 2 is 1.80 bits per heavy atom. The fourth-order valence-corrected chi connectivity index (χ4v) is 3.36. The third kappa shape index (κ3) is 3.61. The van der Waals surface area contributed by atoms with Gasteiger partial charge in [0, 0.05) is 23.7 Å². The van der Waals surface area contributed by atoms with Crippen molar-refractivity contribution in [3.8, 4) is 0 Å². The van der Waals surface area contributed by atoms with E-state index in [0.29, 0.717) is 22.3 Å². The number of anilines is 2. The first-order valence-electron chi connectivity index (χ1n) is 7.69. The molecule has 0 aromatic heterocycles. The number of carbonyl (C=O) groups is 2. The van der Waals surface area contributed by atoms with Crippen LogP contribution in [0.25, 0.3) is 0 Å². The van der Waals surface area contributed by atoms with Crippen LogP contribution in [0, 0.1) is 12.8 Å². The molecule has 0 saturated carbocycles. The smallest absolute Gasteiger partial charge is 0.229 e. The Morgan fingerprint density at radius 1 is 1.12 bits per heavy atom. The number of halogens is 3. The van der Waals surface area contributed by atoms with Gasteiger partial charge in [-0.05, 0) is 36.8 Å². The molecule has 2 amide bonds. The van der Waals surface area contributed by atoms with Crippen LogP contribution in [-0.4, -0.2) is 18.4 Å². The highest BCUT2D eigenvalue weighted by molar-refractivity contribution is 6.44. The molecule has 1 fully saturated rings. The van der Waals surface area contributed by atoms with E-state index in [1.165, 1.54) is 0 Å². The minimum Gasteiger partial charge on any atom is -0.324 e. The standard InChI is InChI=1S/C18H15Cl3N2O2/c1-10-12(19)4-3-7-15(10)23-9-11(8-16(23)24)18(25)22-14-6-2-5-13(20)17(14)21/h2-7,11H,8-9H2,1H3,(H,22,25). The molecule has 130 valence electrons. The van der Waals surface area contributed by atoms with Crippen LogP contribution in [0.3, 0.4) is 0 Å². The maximum Gasteiger partial charge on any atom is 0.229 e. The number of benzene rings is 2. The third-order valence-corrected chi connectivity index (χ3v) is 5.46. The summed E-state index contributed by atoms with van der Waals surface area (Å²) in [5.74, 6) is -0.844. The van der Waals surface area contributed by atoms with E-state index in [2.05, 4.69) is 5.32 Å². The Kier molecular flexibility index (Phi) is 5.23. The van der Waals surface area contributed by atoms with Gasteiger partial charge >= 0.3 is 0 Å². The number of hydrogen-bond acceptors (Lipinski definition) is 2. The van der Waals surface area contributed by atoms with E-state index >= 15 is 0 Å². The minimum atomic E-state index is -0.471. The second-order valence-corrected chi connectivity index (χ2v) is 7.07. The maximum atomic E-state index is 12.5. The molecule has 1 aliphatic rings. The van der Waals surface area contributed by atoms with Crippen LogP contribution >= 0.6 is 34.8 Å².